The van der Waals surface area contributed by atoms with E-state index in [1.807, 2.05) is 0 Å². The molecule has 3 rings (SSSR count). The minimum atomic E-state index is -3.66. The number of hydrazone groups is 1. The summed E-state index contributed by atoms with van der Waals surface area (Å²) in [5.41, 5.74) is 3.87. The Kier molecular flexibility index (Phi) is 4.13. The van der Waals surface area contributed by atoms with Crippen LogP contribution in [0.15, 0.2) is 62.9 Å². The Hall–Kier alpha value is -3.00. The van der Waals surface area contributed by atoms with E-state index in [-0.39, 0.29) is 10.7 Å². The molecule has 2 aromatic carbocycles. The summed E-state index contributed by atoms with van der Waals surface area (Å²) < 4.78 is 32.4. The van der Waals surface area contributed by atoms with Crippen molar-refractivity contribution in [1.29, 1.82) is 0 Å². The summed E-state index contributed by atoms with van der Waals surface area (Å²) in [7, 11) is -3.66. The van der Waals surface area contributed by atoms with Crippen molar-refractivity contribution in [2.24, 2.45) is 9.50 Å². The molecule has 0 unspecified atom stereocenters. The van der Waals surface area contributed by atoms with Crippen molar-refractivity contribution in [1.82, 2.24) is 5.43 Å². The first kappa shape index (κ1) is 15.9. The Morgan fingerprint density at radius 2 is 1.88 bits per heavy atom. The second kappa shape index (κ2) is 6.25. The van der Waals surface area contributed by atoms with Crippen molar-refractivity contribution in [3.63, 3.8) is 0 Å². The van der Waals surface area contributed by atoms with E-state index >= 15 is 0 Å². The van der Waals surface area contributed by atoms with Gasteiger partial charge < -0.3 is 4.74 Å². The molecule has 1 heterocycles. The predicted molar refractivity (Wildman–Crippen MR) is 88.6 cm³/mol. The van der Waals surface area contributed by atoms with Crippen LogP contribution in [0, 0.1) is 0 Å². The third-order valence-electron chi connectivity index (χ3n) is 3.16. The number of carbonyl (C=O) groups is 1. The highest BCUT2D eigenvalue weighted by molar-refractivity contribution is 7.90. The van der Waals surface area contributed by atoms with Crippen LogP contribution in [0.25, 0.3) is 0 Å². The lowest BCUT2D eigenvalue weighted by molar-refractivity contribution is -0.131. The van der Waals surface area contributed by atoms with Crippen LogP contribution in [-0.2, 0) is 14.8 Å². The maximum atomic E-state index is 11.9. The molecule has 0 atom stereocenters. The van der Waals surface area contributed by atoms with Crippen molar-refractivity contribution in [3.8, 4) is 5.75 Å². The highest BCUT2D eigenvalue weighted by Gasteiger charge is 2.28. The van der Waals surface area contributed by atoms with E-state index in [1.54, 1.807) is 42.5 Å². The SMILES string of the molecule is CC(=O)Oc1ccc(C=NNC2=NS(=O)(=O)c3ccccc32)cc1. The number of esters is 1. The van der Waals surface area contributed by atoms with Gasteiger partial charge >= 0.3 is 5.97 Å². The molecule has 0 radical (unpaired) electrons. The normalized spacial score (nSPS) is 15.0. The molecule has 1 aliphatic heterocycles. The van der Waals surface area contributed by atoms with Gasteiger partial charge in [0.15, 0.2) is 5.84 Å². The molecule has 0 fully saturated rings. The molecule has 2 aromatic rings. The van der Waals surface area contributed by atoms with Crippen LogP contribution in [0.3, 0.4) is 0 Å². The maximum absolute atomic E-state index is 11.9. The summed E-state index contributed by atoms with van der Waals surface area (Å²) in [5.74, 6) is 0.225. The number of carbonyl (C=O) groups excluding carboxylic acids is 1. The largest absolute Gasteiger partial charge is 0.427 e. The third-order valence-corrected chi connectivity index (χ3v) is 4.49. The summed E-state index contributed by atoms with van der Waals surface area (Å²) in [5, 5.41) is 4.00. The minimum Gasteiger partial charge on any atom is -0.427 e. The van der Waals surface area contributed by atoms with Gasteiger partial charge in [-0.1, -0.05) is 12.1 Å². The first-order valence-electron chi connectivity index (χ1n) is 6.98. The van der Waals surface area contributed by atoms with Crippen molar-refractivity contribution < 1.29 is 17.9 Å². The van der Waals surface area contributed by atoms with E-state index in [0.717, 1.165) is 5.56 Å². The number of hydrogen-bond acceptors (Lipinski definition) is 6. The Morgan fingerprint density at radius 1 is 1.17 bits per heavy atom. The maximum Gasteiger partial charge on any atom is 0.308 e. The molecule has 24 heavy (non-hydrogen) atoms. The zero-order valence-electron chi connectivity index (χ0n) is 12.6. The Bertz CT molecular complexity index is 948. The number of ether oxygens (including phenoxy) is 1. The molecule has 0 saturated heterocycles. The number of amidine groups is 1. The molecule has 7 nitrogen and oxygen atoms in total. The summed E-state index contributed by atoms with van der Waals surface area (Å²) in [6, 6.07) is 13.2. The molecular formula is C16H13N3O4S. The van der Waals surface area contributed by atoms with Gasteiger partial charge in [0.1, 0.15) is 10.6 Å². The number of hydrogen-bond donors (Lipinski definition) is 1. The van der Waals surface area contributed by atoms with Crippen molar-refractivity contribution in [2.45, 2.75) is 11.8 Å². The van der Waals surface area contributed by atoms with Crippen LogP contribution in [0.2, 0.25) is 0 Å². The van der Waals surface area contributed by atoms with E-state index in [2.05, 4.69) is 14.9 Å². The van der Waals surface area contributed by atoms with E-state index in [0.29, 0.717) is 11.3 Å². The monoisotopic (exact) mass is 343 g/mol. The molecule has 0 spiro atoms. The topological polar surface area (TPSA) is 97.2 Å². The van der Waals surface area contributed by atoms with E-state index in [4.69, 9.17) is 4.74 Å². The van der Waals surface area contributed by atoms with Gasteiger partial charge in [-0.05, 0) is 42.0 Å². The lowest BCUT2D eigenvalue weighted by Crippen LogP contribution is -2.17. The van der Waals surface area contributed by atoms with Crippen molar-refractivity contribution in [2.75, 3.05) is 0 Å². The van der Waals surface area contributed by atoms with Gasteiger partial charge in [0.25, 0.3) is 10.0 Å². The first-order valence-corrected chi connectivity index (χ1v) is 8.42. The van der Waals surface area contributed by atoms with Crippen LogP contribution in [0.5, 0.6) is 5.75 Å². The smallest absolute Gasteiger partial charge is 0.308 e. The van der Waals surface area contributed by atoms with Crippen LogP contribution in [0.1, 0.15) is 18.1 Å². The molecule has 0 aliphatic carbocycles. The van der Waals surface area contributed by atoms with Crippen LogP contribution < -0.4 is 10.2 Å². The van der Waals surface area contributed by atoms with E-state index in [9.17, 15) is 13.2 Å². The summed E-state index contributed by atoms with van der Waals surface area (Å²) in [6.45, 7) is 1.33. The molecule has 0 amide bonds. The first-order chi connectivity index (χ1) is 11.5. The minimum absolute atomic E-state index is 0.161. The number of fused-ring (bicyclic) bond motifs is 1. The fourth-order valence-corrected chi connectivity index (χ4v) is 3.31. The lowest BCUT2D eigenvalue weighted by atomic mass is 10.2. The number of rotatable bonds is 3. The molecule has 0 saturated carbocycles. The van der Waals surface area contributed by atoms with Gasteiger partial charge in [-0.2, -0.15) is 13.5 Å². The predicted octanol–water partition coefficient (Wildman–Crippen LogP) is 1.68. The van der Waals surface area contributed by atoms with Crippen LogP contribution >= 0.6 is 0 Å². The quantitative estimate of drug-likeness (QED) is 0.396. The second-order valence-corrected chi connectivity index (χ2v) is 6.52. The zero-order valence-corrected chi connectivity index (χ0v) is 13.4. The molecule has 8 heteroatoms. The number of benzene rings is 2. The van der Waals surface area contributed by atoms with E-state index in [1.165, 1.54) is 19.2 Å². The third kappa shape index (κ3) is 3.33. The van der Waals surface area contributed by atoms with Gasteiger partial charge in [-0.15, -0.1) is 4.40 Å². The fourth-order valence-electron chi connectivity index (χ4n) is 2.14. The Morgan fingerprint density at radius 3 is 2.58 bits per heavy atom. The molecular weight excluding hydrogens is 330 g/mol. The number of nitrogens with one attached hydrogen (secondary N) is 1. The average Bonchev–Trinajstić information content (AvgIpc) is 2.80. The summed E-state index contributed by atoms with van der Waals surface area (Å²) >= 11 is 0. The fraction of sp³-hybridized carbons (Fsp3) is 0.0625. The Labute approximate surface area is 138 Å². The van der Waals surface area contributed by atoms with Crippen LogP contribution in [0.4, 0.5) is 0 Å². The van der Waals surface area contributed by atoms with Gasteiger partial charge in [0.05, 0.1) is 6.21 Å². The van der Waals surface area contributed by atoms with Crippen molar-refractivity contribution in [3.05, 3.63) is 59.7 Å². The molecule has 0 bridgehead atoms. The van der Waals surface area contributed by atoms with Crippen LogP contribution in [-0.4, -0.2) is 26.4 Å². The number of nitrogens with zero attached hydrogens (tertiary/aromatic N) is 2. The number of sulfonamides is 1. The average molecular weight is 343 g/mol. The van der Waals surface area contributed by atoms with E-state index < -0.39 is 16.0 Å². The van der Waals surface area contributed by atoms with Gasteiger partial charge in [-0.25, -0.2) is 0 Å². The zero-order chi connectivity index (χ0) is 17.2. The van der Waals surface area contributed by atoms with Gasteiger partial charge in [-0.3, -0.25) is 10.2 Å². The van der Waals surface area contributed by atoms with Crippen molar-refractivity contribution >= 4 is 28.0 Å². The standard InChI is InChI=1S/C16H13N3O4S/c1-11(20)23-13-8-6-12(7-9-13)10-17-18-16-14-4-2-3-5-15(14)24(21,22)19-16/h2-10H,1H3,(H,18,19). The molecule has 1 aliphatic rings. The highest BCUT2D eigenvalue weighted by atomic mass is 32.2. The Balaban J connectivity index is 1.72. The lowest BCUT2D eigenvalue weighted by Gasteiger charge is -2.02. The molecule has 0 aromatic heterocycles. The summed E-state index contributed by atoms with van der Waals surface area (Å²) in [4.78, 5) is 11.0. The second-order valence-electron chi connectivity index (χ2n) is 4.94. The van der Waals surface area contributed by atoms with Gasteiger partial charge in [0.2, 0.25) is 0 Å². The summed E-state index contributed by atoms with van der Waals surface area (Å²) in [6.07, 6.45) is 1.51. The molecule has 122 valence electrons. The van der Waals surface area contributed by atoms with Gasteiger partial charge in [0, 0.05) is 12.5 Å². The highest BCUT2D eigenvalue weighted by Crippen LogP contribution is 2.24. The molecule has 1 N–H and O–H groups in total.